The number of oxime groups is 1. The number of benzene rings is 1. The molecule has 1 amide bonds. The molecule has 4 N–H and O–H groups in total. The first-order chi connectivity index (χ1) is 10.0. The van der Waals surface area contributed by atoms with Gasteiger partial charge < -0.3 is 16.3 Å². The summed E-state index contributed by atoms with van der Waals surface area (Å²) in [7, 11) is 0. The van der Waals surface area contributed by atoms with Gasteiger partial charge in [-0.15, -0.1) is 0 Å². The van der Waals surface area contributed by atoms with E-state index in [9.17, 15) is 9.18 Å². The van der Waals surface area contributed by atoms with Crippen LogP contribution in [-0.2, 0) is 0 Å². The van der Waals surface area contributed by atoms with E-state index >= 15 is 0 Å². The first-order valence-electron chi connectivity index (χ1n) is 6.01. The Morgan fingerprint density at radius 3 is 2.71 bits per heavy atom. The van der Waals surface area contributed by atoms with Crippen LogP contribution in [-0.4, -0.2) is 21.9 Å². The molecule has 7 heteroatoms. The molecular formula is C14H13FN4O2. The number of nitrogens with one attached hydrogen (secondary N) is 1. The predicted octanol–water partition coefficient (Wildman–Crippen LogP) is 1.88. The molecule has 2 aromatic rings. The van der Waals surface area contributed by atoms with Gasteiger partial charge in [0.2, 0.25) is 0 Å². The zero-order valence-corrected chi connectivity index (χ0v) is 11.2. The Morgan fingerprint density at radius 1 is 1.33 bits per heavy atom. The molecule has 0 aliphatic rings. The number of aromatic nitrogens is 1. The summed E-state index contributed by atoms with van der Waals surface area (Å²) in [5.41, 5.74) is 6.72. The first-order valence-corrected chi connectivity index (χ1v) is 6.01. The van der Waals surface area contributed by atoms with Gasteiger partial charge in [-0.2, -0.15) is 0 Å². The van der Waals surface area contributed by atoms with Crippen molar-refractivity contribution in [2.75, 3.05) is 5.32 Å². The van der Waals surface area contributed by atoms with E-state index in [2.05, 4.69) is 15.5 Å². The smallest absolute Gasteiger partial charge is 0.257 e. The molecule has 21 heavy (non-hydrogen) atoms. The van der Waals surface area contributed by atoms with Crippen LogP contribution in [0.5, 0.6) is 0 Å². The van der Waals surface area contributed by atoms with Gasteiger partial charge in [0.05, 0.1) is 11.3 Å². The van der Waals surface area contributed by atoms with Crippen LogP contribution in [0.25, 0.3) is 0 Å². The second-order valence-electron chi connectivity index (χ2n) is 4.38. The maximum Gasteiger partial charge on any atom is 0.257 e. The Hall–Kier alpha value is -2.96. The minimum absolute atomic E-state index is 0.00371. The molecule has 1 aromatic heterocycles. The molecule has 1 heterocycles. The third-order valence-electron chi connectivity index (χ3n) is 2.76. The van der Waals surface area contributed by atoms with E-state index in [0.29, 0.717) is 5.56 Å². The van der Waals surface area contributed by atoms with Gasteiger partial charge in [-0.25, -0.2) is 4.39 Å². The fourth-order valence-corrected chi connectivity index (χ4v) is 1.71. The number of pyridine rings is 1. The average Bonchev–Trinajstić information content (AvgIpc) is 2.48. The standard InChI is InChI=1S/C14H13FN4O2/c1-8-4-10(7-17-6-8)14(20)18-12-3-2-9(5-11(12)15)13(16)19-21/h2-7,21H,1H3,(H2,16,19)(H,18,20). The Bertz CT molecular complexity index is 716. The molecule has 0 saturated carbocycles. The summed E-state index contributed by atoms with van der Waals surface area (Å²) >= 11 is 0. The lowest BCUT2D eigenvalue weighted by Gasteiger charge is -2.08. The van der Waals surface area contributed by atoms with Crippen molar-refractivity contribution in [3.8, 4) is 0 Å². The number of hydrogen-bond acceptors (Lipinski definition) is 4. The molecular weight excluding hydrogens is 275 g/mol. The normalized spacial score (nSPS) is 11.2. The molecule has 0 bridgehead atoms. The van der Waals surface area contributed by atoms with Gasteiger partial charge in [-0.3, -0.25) is 9.78 Å². The highest BCUT2D eigenvalue weighted by atomic mass is 19.1. The van der Waals surface area contributed by atoms with Crippen LogP contribution in [0.4, 0.5) is 10.1 Å². The molecule has 0 radical (unpaired) electrons. The Balaban J connectivity index is 2.22. The van der Waals surface area contributed by atoms with Crippen LogP contribution in [0.2, 0.25) is 0 Å². The van der Waals surface area contributed by atoms with Crippen LogP contribution >= 0.6 is 0 Å². The molecule has 6 nitrogen and oxygen atoms in total. The summed E-state index contributed by atoms with van der Waals surface area (Å²) in [6.07, 6.45) is 3.01. The van der Waals surface area contributed by atoms with Gasteiger partial charge in [-0.1, -0.05) is 5.16 Å². The molecule has 1 aromatic carbocycles. The third kappa shape index (κ3) is 3.33. The number of carbonyl (C=O) groups is 1. The monoisotopic (exact) mass is 288 g/mol. The van der Waals surface area contributed by atoms with Crippen LogP contribution < -0.4 is 11.1 Å². The van der Waals surface area contributed by atoms with Crippen LogP contribution in [0, 0.1) is 12.7 Å². The molecule has 108 valence electrons. The second-order valence-corrected chi connectivity index (χ2v) is 4.38. The van der Waals surface area contributed by atoms with Crippen molar-refractivity contribution in [3.63, 3.8) is 0 Å². The highest BCUT2D eigenvalue weighted by molar-refractivity contribution is 6.04. The zero-order valence-electron chi connectivity index (χ0n) is 11.2. The van der Waals surface area contributed by atoms with E-state index < -0.39 is 11.7 Å². The largest absolute Gasteiger partial charge is 0.409 e. The molecule has 0 aliphatic heterocycles. The molecule has 0 fully saturated rings. The molecule has 0 aliphatic carbocycles. The van der Waals surface area contributed by atoms with Gasteiger partial charge in [-0.05, 0) is 36.8 Å². The summed E-state index contributed by atoms with van der Waals surface area (Å²) < 4.78 is 13.9. The summed E-state index contributed by atoms with van der Waals surface area (Å²) in [4.78, 5) is 15.9. The average molecular weight is 288 g/mol. The minimum Gasteiger partial charge on any atom is -0.409 e. The number of halogens is 1. The summed E-state index contributed by atoms with van der Waals surface area (Å²) in [6, 6.07) is 5.48. The van der Waals surface area contributed by atoms with Crippen molar-refractivity contribution in [1.29, 1.82) is 0 Å². The van der Waals surface area contributed by atoms with Crippen molar-refractivity contribution in [2.45, 2.75) is 6.92 Å². The Labute approximate surface area is 120 Å². The van der Waals surface area contributed by atoms with Crippen molar-refractivity contribution >= 4 is 17.4 Å². The van der Waals surface area contributed by atoms with Gasteiger partial charge in [0.25, 0.3) is 5.91 Å². The second kappa shape index (κ2) is 6.00. The van der Waals surface area contributed by atoms with Crippen molar-refractivity contribution in [3.05, 3.63) is 59.2 Å². The maximum absolute atomic E-state index is 13.9. The lowest BCUT2D eigenvalue weighted by atomic mass is 10.1. The SMILES string of the molecule is Cc1cncc(C(=O)Nc2ccc(/C(N)=N/O)cc2F)c1. The summed E-state index contributed by atoms with van der Waals surface area (Å²) in [5.74, 6) is -1.37. The highest BCUT2D eigenvalue weighted by Gasteiger charge is 2.11. The Morgan fingerprint density at radius 2 is 2.10 bits per heavy atom. The number of anilines is 1. The van der Waals surface area contributed by atoms with E-state index in [0.717, 1.165) is 11.6 Å². The lowest BCUT2D eigenvalue weighted by Crippen LogP contribution is -2.16. The summed E-state index contributed by atoms with van der Waals surface area (Å²) in [6.45, 7) is 1.80. The van der Waals surface area contributed by atoms with E-state index in [-0.39, 0.29) is 17.1 Å². The minimum atomic E-state index is -0.687. The third-order valence-corrected chi connectivity index (χ3v) is 2.76. The number of hydrogen-bond donors (Lipinski definition) is 3. The predicted molar refractivity (Wildman–Crippen MR) is 75.8 cm³/mol. The number of aryl methyl sites for hydroxylation is 1. The fourth-order valence-electron chi connectivity index (χ4n) is 1.71. The Kier molecular flexibility index (Phi) is 4.13. The fraction of sp³-hybridized carbons (Fsp3) is 0.0714. The number of amidine groups is 1. The van der Waals surface area contributed by atoms with Crippen molar-refractivity contribution < 1.29 is 14.4 Å². The lowest BCUT2D eigenvalue weighted by molar-refractivity contribution is 0.102. The number of carbonyl (C=O) groups excluding carboxylic acids is 1. The van der Waals surface area contributed by atoms with Gasteiger partial charge in [0.15, 0.2) is 5.84 Å². The molecule has 0 unspecified atom stereocenters. The van der Waals surface area contributed by atoms with Gasteiger partial charge >= 0.3 is 0 Å². The van der Waals surface area contributed by atoms with Crippen LogP contribution in [0.3, 0.4) is 0 Å². The highest BCUT2D eigenvalue weighted by Crippen LogP contribution is 2.17. The quantitative estimate of drug-likeness (QED) is 0.347. The van der Waals surface area contributed by atoms with Crippen molar-refractivity contribution in [1.82, 2.24) is 4.98 Å². The molecule has 0 atom stereocenters. The summed E-state index contributed by atoms with van der Waals surface area (Å²) in [5, 5.41) is 13.8. The topological polar surface area (TPSA) is 101 Å². The number of nitrogens with two attached hydrogens (primary N) is 1. The zero-order chi connectivity index (χ0) is 15.4. The molecule has 0 spiro atoms. The van der Waals surface area contributed by atoms with Crippen LogP contribution in [0.1, 0.15) is 21.5 Å². The van der Waals surface area contributed by atoms with Gasteiger partial charge in [0, 0.05) is 18.0 Å². The molecule has 2 rings (SSSR count). The van der Waals surface area contributed by atoms with E-state index in [1.165, 1.54) is 18.3 Å². The van der Waals surface area contributed by atoms with E-state index in [4.69, 9.17) is 10.9 Å². The number of rotatable bonds is 3. The van der Waals surface area contributed by atoms with Crippen molar-refractivity contribution in [2.24, 2.45) is 10.9 Å². The van der Waals surface area contributed by atoms with E-state index in [1.807, 2.05) is 0 Å². The van der Waals surface area contributed by atoms with E-state index in [1.54, 1.807) is 19.2 Å². The number of amides is 1. The first kappa shape index (κ1) is 14.4. The molecule has 0 saturated heterocycles. The maximum atomic E-state index is 13.9. The van der Waals surface area contributed by atoms with Crippen LogP contribution in [0.15, 0.2) is 41.8 Å². The number of nitrogens with zero attached hydrogens (tertiary/aromatic N) is 2. The van der Waals surface area contributed by atoms with Gasteiger partial charge in [0.1, 0.15) is 5.82 Å².